The zero-order chi connectivity index (χ0) is 39.6. The molecule has 0 amide bonds. The van der Waals surface area contributed by atoms with Crippen molar-refractivity contribution < 1.29 is 37.9 Å². The molecule has 0 aromatic rings. The van der Waals surface area contributed by atoms with Gasteiger partial charge >= 0.3 is 19.8 Å². The molecule has 0 unspecified atom stereocenters. The lowest BCUT2D eigenvalue weighted by Crippen LogP contribution is -2.29. The fourth-order valence-corrected chi connectivity index (χ4v) is 5.68. The number of rotatable bonds is 37. The zero-order valence-corrected chi connectivity index (χ0v) is 34.7. The van der Waals surface area contributed by atoms with Crippen LogP contribution >= 0.6 is 7.82 Å². The Morgan fingerprint density at radius 2 is 0.907 bits per heavy atom. The van der Waals surface area contributed by atoms with Crippen LogP contribution in [0, 0.1) is 0 Å². The molecule has 0 aliphatic rings. The number of carbonyl (C=O) groups excluding carboxylic acids is 2. The largest absolute Gasteiger partial charge is 0.469 e. The van der Waals surface area contributed by atoms with E-state index in [-0.39, 0.29) is 19.4 Å². The normalized spacial score (nSPS) is 13.3. The van der Waals surface area contributed by atoms with Gasteiger partial charge in [0, 0.05) is 12.8 Å². The third-order valence-electron chi connectivity index (χ3n) is 8.40. The molecule has 0 rings (SSSR count). The summed E-state index contributed by atoms with van der Waals surface area (Å²) in [4.78, 5) is 42.8. The van der Waals surface area contributed by atoms with E-state index in [2.05, 4.69) is 97.4 Å². The average molecular weight is 775 g/mol. The molecule has 0 saturated carbocycles. The highest BCUT2D eigenvalue weighted by atomic mass is 31.2. The molecule has 2 N–H and O–H groups in total. The summed E-state index contributed by atoms with van der Waals surface area (Å²) in [7, 11) is -4.78. The van der Waals surface area contributed by atoms with E-state index < -0.39 is 32.5 Å². The van der Waals surface area contributed by atoms with Gasteiger partial charge in [0.15, 0.2) is 6.10 Å². The third kappa shape index (κ3) is 42.0. The molecule has 0 fully saturated rings. The highest BCUT2D eigenvalue weighted by Gasteiger charge is 2.22. The van der Waals surface area contributed by atoms with E-state index in [9.17, 15) is 14.2 Å². The molecule has 0 saturated heterocycles. The van der Waals surface area contributed by atoms with Crippen molar-refractivity contribution in [2.24, 2.45) is 0 Å². The fraction of sp³-hybridized carbons (Fsp3) is 0.644. The van der Waals surface area contributed by atoms with Crippen LogP contribution in [-0.4, -0.2) is 41.0 Å². The highest BCUT2D eigenvalue weighted by Crippen LogP contribution is 2.36. The standard InChI is InChI=1S/C45H75O8P/c1-3-5-7-9-11-13-15-17-19-21-22-24-25-27-29-31-33-35-37-39-44(46)51-41-43(42-52-54(48,49)50)53-45(47)40-38-36-34-32-30-28-26-23-20-18-16-14-12-10-8-6-4-2/h5,7,11,13,17,19,22,24,26-29,32,34,43H,3-4,6,8-10,12,14-16,18,20-21,23,25,30-31,33,35-42H2,1-2H3,(H2,48,49,50)/b7-5+,13-11+,19-17+,24-22+,28-26+,29-27+,34-32+/t43-/m1/s1. The van der Waals surface area contributed by atoms with Crippen molar-refractivity contribution in [3.05, 3.63) is 85.1 Å². The number of ether oxygens (including phenoxy) is 2. The van der Waals surface area contributed by atoms with Gasteiger partial charge in [-0.1, -0.05) is 157 Å². The monoisotopic (exact) mass is 775 g/mol. The van der Waals surface area contributed by atoms with Crippen LogP contribution in [0.4, 0.5) is 0 Å². The summed E-state index contributed by atoms with van der Waals surface area (Å²) in [5.41, 5.74) is 0. The van der Waals surface area contributed by atoms with E-state index in [1.807, 2.05) is 6.08 Å². The average Bonchev–Trinajstić information content (AvgIpc) is 3.14. The Morgan fingerprint density at radius 1 is 0.500 bits per heavy atom. The van der Waals surface area contributed by atoms with Crippen LogP contribution in [0.25, 0.3) is 0 Å². The van der Waals surface area contributed by atoms with Crippen LogP contribution in [0.2, 0.25) is 0 Å². The molecule has 0 spiro atoms. The SMILES string of the molecule is CC/C=C/C/C=C/C/C=C/C/C=C/C/C=C/CCCCCC(=O)OC[C@H](COP(=O)(O)O)OC(=O)CCC/C=C/C/C=C/CCCCCCCCCCC. The van der Waals surface area contributed by atoms with Gasteiger partial charge < -0.3 is 19.3 Å². The van der Waals surface area contributed by atoms with E-state index in [0.717, 1.165) is 64.2 Å². The van der Waals surface area contributed by atoms with E-state index in [1.54, 1.807) is 0 Å². The highest BCUT2D eigenvalue weighted by molar-refractivity contribution is 7.46. The number of hydrogen-bond donors (Lipinski definition) is 2. The lowest BCUT2D eigenvalue weighted by molar-refractivity contribution is -0.161. The predicted molar refractivity (Wildman–Crippen MR) is 225 cm³/mol. The topological polar surface area (TPSA) is 119 Å². The van der Waals surface area contributed by atoms with Crippen LogP contribution in [0.3, 0.4) is 0 Å². The van der Waals surface area contributed by atoms with Crippen molar-refractivity contribution in [2.45, 2.75) is 174 Å². The van der Waals surface area contributed by atoms with Crippen molar-refractivity contribution >= 4 is 19.8 Å². The second-order valence-corrected chi connectivity index (χ2v) is 14.8. The first-order valence-electron chi connectivity index (χ1n) is 20.9. The maximum atomic E-state index is 12.4. The van der Waals surface area contributed by atoms with E-state index in [1.165, 1.54) is 57.8 Å². The molecular weight excluding hydrogens is 699 g/mol. The Hall–Kier alpha value is -2.77. The number of esters is 2. The Morgan fingerprint density at radius 3 is 1.39 bits per heavy atom. The molecule has 0 radical (unpaired) electrons. The third-order valence-corrected chi connectivity index (χ3v) is 8.88. The summed E-state index contributed by atoms with van der Waals surface area (Å²) in [5, 5.41) is 0. The summed E-state index contributed by atoms with van der Waals surface area (Å²) >= 11 is 0. The Kier molecular flexibility index (Phi) is 37.9. The zero-order valence-electron chi connectivity index (χ0n) is 33.8. The number of carbonyl (C=O) groups is 2. The minimum Gasteiger partial charge on any atom is -0.462 e. The first-order chi connectivity index (χ1) is 26.3. The lowest BCUT2D eigenvalue weighted by Gasteiger charge is -2.18. The molecule has 0 bridgehead atoms. The van der Waals surface area contributed by atoms with E-state index in [0.29, 0.717) is 19.3 Å². The summed E-state index contributed by atoms with van der Waals surface area (Å²) in [6, 6.07) is 0. The molecule has 54 heavy (non-hydrogen) atoms. The quantitative estimate of drug-likeness (QED) is 0.0277. The van der Waals surface area contributed by atoms with Crippen LogP contribution in [0.15, 0.2) is 85.1 Å². The lowest BCUT2D eigenvalue weighted by atomic mass is 10.1. The van der Waals surface area contributed by atoms with Crippen LogP contribution in [-0.2, 0) is 28.2 Å². The molecule has 0 aliphatic carbocycles. The molecule has 9 heteroatoms. The Balaban J connectivity index is 4.07. The summed E-state index contributed by atoms with van der Waals surface area (Å²) in [6.45, 7) is 3.50. The summed E-state index contributed by atoms with van der Waals surface area (Å²) in [5.74, 6) is -0.982. The molecule has 0 aromatic carbocycles. The van der Waals surface area contributed by atoms with Gasteiger partial charge in [-0.2, -0.15) is 0 Å². The van der Waals surface area contributed by atoms with Crippen molar-refractivity contribution in [2.75, 3.05) is 13.2 Å². The number of hydrogen-bond acceptors (Lipinski definition) is 6. The number of phosphoric ester groups is 1. The first-order valence-corrected chi connectivity index (χ1v) is 22.4. The number of allylic oxidation sites excluding steroid dienone is 14. The molecule has 0 heterocycles. The smallest absolute Gasteiger partial charge is 0.462 e. The molecule has 308 valence electrons. The predicted octanol–water partition coefficient (Wildman–Crippen LogP) is 12.8. The molecule has 0 aromatic heterocycles. The summed E-state index contributed by atoms with van der Waals surface area (Å²) < 4.78 is 26.3. The van der Waals surface area contributed by atoms with Crippen LogP contribution in [0.5, 0.6) is 0 Å². The second-order valence-electron chi connectivity index (χ2n) is 13.6. The van der Waals surface area contributed by atoms with Gasteiger partial charge in [-0.25, -0.2) is 4.57 Å². The maximum Gasteiger partial charge on any atom is 0.469 e. The van der Waals surface area contributed by atoms with Gasteiger partial charge in [-0.05, 0) is 83.5 Å². The Bertz CT molecular complexity index is 1140. The van der Waals surface area contributed by atoms with Crippen molar-refractivity contribution in [1.29, 1.82) is 0 Å². The van der Waals surface area contributed by atoms with Crippen LogP contribution < -0.4 is 0 Å². The van der Waals surface area contributed by atoms with Gasteiger partial charge in [-0.15, -0.1) is 0 Å². The maximum absolute atomic E-state index is 12.4. The molecular formula is C45H75O8P. The van der Waals surface area contributed by atoms with E-state index in [4.69, 9.17) is 19.3 Å². The second kappa shape index (κ2) is 39.9. The van der Waals surface area contributed by atoms with Crippen molar-refractivity contribution in [3.8, 4) is 0 Å². The van der Waals surface area contributed by atoms with Gasteiger partial charge in [0.05, 0.1) is 6.61 Å². The van der Waals surface area contributed by atoms with Gasteiger partial charge in [0.25, 0.3) is 0 Å². The molecule has 1 atom stereocenters. The Labute approximate surface area is 329 Å². The van der Waals surface area contributed by atoms with E-state index >= 15 is 0 Å². The molecule has 0 aliphatic heterocycles. The summed E-state index contributed by atoms with van der Waals surface area (Å²) in [6.07, 6.45) is 53.1. The molecule has 8 nitrogen and oxygen atoms in total. The number of unbranched alkanes of at least 4 members (excludes halogenated alkanes) is 13. The number of phosphoric acid groups is 1. The van der Waals surface area contributed by atoms with Crippen molar-refractivity contribution in [3.63, 3.8) is 0 Å². The first kappa shape index (κ1) is 51.2. The minimum absolute atomic E-state index is 0.136. The fourth-order valence-electron chi connectivity index (χ4n) is 5.32. The van der Waals surface area contributed by atoms with Crippen molar-refractivity contribution in [1.82, 2.24) is 0 Å². The van der Waals surface area contributed by atoms with Gasteiger partial charge in [0.1, 0.15) is 6.61 Å². The van der Waals surface area contributed by atoms with Gasteiger partial charge in [0.2, 0.25) is 0 Å². The van der Waals surface area contributed by atoms with Crippen LogP contribution in [0.1, 0.15) is 168 Å². The minimum atomic E-state index is -4.78. The van der Waals surface area contributed by atoms with Gasteiger partial charge in [-0.3, -0.25) is 14.1 Å².